The van der Waals surface area contributed by atoms with Crippen molar-refractivity contribution in [2.45, 2.75) is 51.5 Å². The molecule has 0 amide bonds. The highest BCUT2D eigenvalue weighted by Crippen LogP contribution is 2.07. The maximum Gasteiger partial charge on any atom is 0.00866 e. The summed E-state index contributed by atoms with van der Waals surface area (Å²) in [5.41, 5.74) is 0. The fourth-order valence-electron chi connectivity index (χ4n) is 1.33. The minimum Gasteiger partial charge on any atom is -0.317 e. The lowest BCUT2D eigenvalue weighted by molar-refractivity contribution is 0.461. The van der Waals surface area contributed by atoms with Gasteiger partial charge in [0.05, 0.1) is 0 Å². The van der Waals surface area contributed by atoms with Crippen LogP contribution in [0.15, 0.2) is 0 Å². The number of hydrogen-bond acceptors (Lipinski definition) is 1. The molecule has 0 aliphatic rings. The molecule has 0 bridgehead atoms. The van der Waals surface area contributed by atoms with Crippen molar-refractivity contribution in [3.63, 3.8) is 0 Å². The van der Waals surface area contributed by atoms with Crippen molar-refractivity contribution in [2.75, 3.05) is 7.05 Å². The van der Waals surface area contributed by atoms with Gasteiger partial charge in [-0.1, -0.05) is 19.8 Å². The van der Waals surface area contributed by atoms with E-state index in [9.17, 15) is 0 Å². The van der Waals surface area contributed by atoms with Crippen LogP contribution in [0.1, 0.15) is 45.4 Å². The first-order chi connectivity index (χ1) is 5.85. The zero-order chi connectivity index (χ0) is 9.23. The SMILES string of the molecule is C#CCCCC(CCCC)NC. The second-order valence-electron chi connectivity index (χ2n) is 3.22. The Bertz CT molecular complexity index is 123. The Morgan fingerprint density at radius 2 is 2.00 bits per heavy atom. The third-order valence-electron chi connectivity index (χ3n) is 2.19. The Morgan fingerprint density at radius 3 is 2.50 bits per heavy atom. The molecule has 0 aromatic heterocycles. The van der Waals surface area contributed by atoms with Crippen molar-refractivity contribution in [1.82, 2.24) is 5.32 Å². The first kappa shape index (κ1) is 11.5. The summed E-state index contributed by atoms with van der Waals surface area (Å²) in [5, 5.41) is 3.33. The second-order valence-corrected chi connectivity index (χ2v) is 3.22. The summed E-state index contributed by atoms with van der Waals surface area (Å²) >= 11 is 0. The average Bonchev–Trinajstić information content (AvgIpc) is 2.11. The molecule has 0 aliphatic carbocycles. The van der Waals surface area contributed by atoms with Gasteiger partial charge in [-0.2, -0.15) is 0 Å². The van der Waals surface area contributed by atoms with Gasteiger partial charge in [0.15, 0.2) is 0 Å². The maximum absolute atomic E-state index is 5.19. The standard InChI is InChI=1S/C11H21N/c1-4-6-8-10-11(12-3)9-7-5-2/h1,11-12H,5-10H2,2-3H3. The van der Waals surface area contributed by atoms with E-state index in [0.717, 1.165) is 12.8 Å². The molecular weight excluding hydrogens is 146 g/mol. The molecule has 0 aromatic rings. The van der Waals surface area contributed by atoms with Crippen molar-refractivity contribution in [2.24, 2.45) is 0 Å². The van der Waals surface area contributed by atoms with Crippen LogP contribution in [0, 0.1) is 12.3 Å². The van der Waals surface area contributed by atoms with E-state index in [1.165, 1.54) is 25.7 Å². The first-order valence-corrected chi connectivity index (χ1v) is 4.95. The van der Waals surface area contributed by atoms with Crippen molar-refractivity contribution in [3.8, 4) is 12.3 Å². The highest BCUT2D eigenvalue weighted by atomic mass is 14.9. The Hall–Kier alpha value is -0.480. The zero-order valence-corrected chi connectivity index (χ0v) is 8.40. The van der Waals surface area contributed by atoms with E-state index in [1.54, 1.807) is 0 Å². The van der Waals surface area contributed by atoms with Crippen LogP contribution in [0.3, 0.4) is 0 Å². The molecule has 1 atom stereocenters. The van der Waals surface area contributed by atoms with E-state index in [0.29, 0.717) is 6.04 Å². The molecule has 0 fully saturated rings. The number of unbranched alkanes of at least 4 members (excludes halogenated alkanes) is 2. The van der Waals surface area contributed by atoms with E-state index in [1.807, 2.05) is 7.05 Å². The lowest BCUT2D eigenvalue weighted by Gasteiger charge is -2.14. The van der Waals surface area contributed by atoms with Gasteiger partial charge in [0.2, 0.25) is 0 Å². The Balaban J connectivity index is 3.34. The summed E-state index contributed by atoms with van der Waals surface area (Å²) in [7, 11) is 2.04. The summed E-state index contributed by atoms with van der Waals surface area (Å²) in [4.78, 5) is 0. The molecule has 0 rings (SSSR count). The molecule has 0 aliphatic heterocycles. The Labute approximate surface area is 76.9 Å². The van der Waals surface area contributed by atoms with Crippen LogP contribution in [0.2, 0.25) is 0 Å². The van der Waals surface area contributed by atoms with Crippen molar-refractivity contribution in [3.05, 3.63) is 0 Å². The summed E-state index contributed by atoms with van der Waals surface area (Å²) in [6.45, 7) is 2.23. The molecule has 0 saturated carbocycles. The third-order valence-corrected chi connectivity index (χ3v) is 2.19. The maximum atomic E-state index is 5.19. The summed E-state index contributed by atoms with van der Waals surface area (Å²) in [5.74, 6) is 2.68. The molecule has 0 heterocycles. The second kappa shape index (κ2) is 8.62. The predicted octanol–water partition coefficient (Wildman–Crippen LogP) is 2.57. The van der Waals surface area contributed by atoms with E-state index in [4.69, 9.17) is 6.42 Å². The van der Waals surface area contributed by atoms with Gasteiger partial charge in [-0.15, -0.1) is 12.3 Å². The minimum absolute atomic E-state index is 0.679. The number of hydrogen-bond donors (Lipinski definition) is 1. The molecule has 0 spiro atoms. The fraction of sp³-hybridized carbons (Fsp3) is 0.818. The van der Waals surface area contributed by atoms with Crippen LogP contribution in [-0.4, -0.2) is 13.1 Å². The molecule has 1 unspecified atom stereocenters. The Kier molecular flexibility index (Phi) is 8.27. The van der Waals surface area contributed by atoms with Gasteiger partial charge >= 0.3 is 0 Å². The smallest absolute Gasteiger partial charge is 0.00866 e. The zero-order valence-electron chi connectivity index (χ0n) is 8.40. The molecule has 1 nitrogen and oxygen atoms in total. The van der Waals surface area contributed by atoms with E-state index >= 15 is 0 Å². The molecule has 1 N–H and O–H groups in total. The summed E-state index contributed by atoms with van der Waals surface area (Å²) in [6, 6.07) is 0.679. The van der Waals surface area contributed by atoms with Crippen LogP contribution in [0.4, 0.5) is 0 Å². The lowest BCUT2D eigenvalue weighted by atomic mass is 10.0. The highest BCUT2D eigenvalue weighted by Gasteiger charge is 2.03. The van der Waals surface area contributed by atoms with E-state index < -0.39 is 0 Å². The normalized spacial score (nSPS) is 12.4. The highest BCUT2D eigenvalue weighted by molar-refractivity contribution is 4.83. The summed E-state index contributed by atoms with van der Waals surface area (Å²) < 4.78 is 0. The van der Waals surface area contributed by atoms with Crippen LogP contribution in [0.25, 0.3) is 0 Å². The topological polar surface area (TPSA) is 12.0 Å². The quantitative estimate of drug-likeness (QED) is 0.454. The molecular formula is C11H21N. The Morgan fingerprint density at radius 1 is 1.33 bits per heavy atom. The number of terminal acetylenes is 1. The summed E-state index contributed by atoms with van der Waals surface area (Å²) in [6.07, 6.45) is 12.4. The van der Waals surface area contributed by atoms with Crippen LogP contribution >= 0.6 is 0 Å². The van der Waals surface area contributed by atoms with Gasteiger partial charge in [0, 0.05) is 12.5 Å². The van der Waals surface area contributed by atoms with Crippen LogP contribution < -0.4 is 5.32 Å². The molecule has 0 radical (unpaired) electrons. The molecule has 0 saturated heterocycles. The van der Waals surface area contributed by atoms with Crippen molar-refractivity contribution >= 4 is 0 Å². The molecule has 0 aromatic carbocycles. The van der Waals surface area contributed by atoms with Crippen LogP contribution in [-0.2, 0) is 0 Å². The third kappa shape index (κ3) is 6.24. The van der Waals surface area contributed by atoms with Crippen molar-refractivity contribution in [1.29, 1.82) is 0 Å². The van der Waals surface area contributed by atoms with Gasteiger partial charge in [-0.25, -0.2) is 0 Å². The van der Waals surface area contributed by atoms with E-state index in [-0.39, 0.29) is 0 Å². The lowest BCUT2D eigenvalue weighted by Crippen LogP contribution is -2.24. The van der Waals surface area contributed by atoms with Gasteiger partial charge in [0.25, 0.3) is 0 Å². The molecule has 1 heteroatoms. The molecule has 70 valence electrons. The average molecular weight is 167 g/mol. The van der Waals surface area contributed by atoms with Gasteiger partial charge in [-0.3, -0.25) is 0 Å². The predicted molar refractivity (Wildman–Crippen MR) is 55.1 cm³/mol. The van der Waals surface area contributed by atoms with Gasteiger partial charge < -0.3 is 5.32 Å². The number of nitrogens with one attached hydrogen (secondary N) is 1. The molecule has 12 heavy (non-hydrogen) atoms. The van der Waals surface area contributed by atoms with E-state index in [2.05, 4.69) is 18.2 Å². The van der Waals surface area contributed by atoms with Crippen LogP contribution in [0.5, 0.6) is 0 Å². The van der Waals surface area contributed by atoms with Gasteiger partial charge in [0.1, 0.15) is 0 Å². The van der Waals surface area contributed by atoms with Gasteiger partial charge in [-0.05, 0) is 26.3 Å². The fourth-order valence-corrected chi connectivity index (χ4v) is 1.33. The largest absolute Gasteiger partial charge is 0.317 e. The minimum atomic E-state index is 0.679. The number of rotatable bonds is 7. The first-order valence-electron chi connectivity index (χ1n) is 4.95. The monoisotopic (exact) mass is 167 g/mol. The van der Waals surface area contributed by atoms with Crippen molar-refractivity contribution < 1.29 is 0 Å².